The van der Waals surface area contributed by atoms with Gasteiger partial charge in [0.15, 0.2) is 0 Å². The molecular weight excluding hydrogens is 208 g/mol. The fourth-order valence-corrected chi connectivity index (χ4v) is 4.48. The third-order valence-electron chi connectivity index (χ3n) is 5.56. The molecular formula is C15H28N2. The molecule has 3 aliphatic rings. The van der Waals surface area contributed by atoms with Gasteiger partial charge in [-0.05, 0) is 51.1 Å². The Labute approximate surface area is 106 Å². The summed E-state index contributed by atoms with van der Waals surface area (Å²) in [5.74, 6) is 2.01. The Morgan fingerprint density at radius 3 is 2.65 bits per heavy atom. The van der Waals surface area contributed by atoms with Crippen LogP contribution in [0.1, 0.15) is 51.4 Å². The van der Waals surface area contributed by atoms with Crippen LogP contribution in [0.2, 0.25) is 0 Å². The maximum Gasteiger partial charge on any atom is 0.0226 e. The zero-order chi connectivity index (χ0) is 11.7. The summed E-state index contributed by atoms with van der Waals surface area (Å²) in [7, 11) is 2.36. The minimum Gasteiger partial charge on any atom is -0.312 e. The van der Waals surface area contributed by atoms with Gasteiger partial charge in [0.1, 0.15) is 0 Å². The van der Waals surface area contributed by atoms with E-state index in [1.165, 1.54) is 64.5 Å². The second-order valence-electron chi connectivity index (χ2n) is 6.60. The fraction of sp³-hybridized carbons (Fsp3) is 1.00. The van der Waals surface area contributed by atoms with Crippen molar-refractivity contribution in [2.24, 2.45) is 11.8 Å². The Balaban J connectivity index is 1.52. The van der Waals surface area contributed by atoms with Crippen LogP contribution in [-0.2, 0) is 0 Å². The van der Waals surface area contributed by atoms with Crippen molar-refractivity contribution in [1.82, 2.24) is 10.2 Å². The van der Waals surface area contributed by atoms with Crippen molar-refractivity contribution in [3.63, 3.8) is 0 Å². The molecule has 17 heavy (non-hydrogen) atoms. The van der Waals surface area contributed by atoms with Gasteiger partial charge in [0.05, 0.1) is 0 Å². The second-order valence-corrected chi connectivity index (χ2v) is 6.60. The van der Waals surface area contributed by atoms with Gasteiger partial charge in [0.25, 0.3) is 0 Å². The molecule has 2 aliphatic carbocycles. The summed E-state index contributed by atoms with van der Waals surface area (Å²) in [4.78, 5) is 2.66. The van der Waals surface area contributed by atoms with Crippen LogP contribution >= 0.6 is 0 Å². The lowest BCUT2D eigenvalue weighted by molar-refractivity contribution is 0.166. The Morgan fingerprint density at radius 1 is 1.00 bits per heavy atom. The second kappa shape index (κ2) is 5.27. The lowest BCUT2D eigenvalue weighted by Gasteiger charge is -2.34. The van der Waals surface area contributed by atoms with Crippen molar-refractivity contribution in [2.75, 3.05) is 20.1 Å². The highest BCUT2D eigenvalue weighted by Gasteiger charge is 2.39. The standard InChI is InChI=1S/C15H28N2/c1-17(13-7-3-2-4-8-13)11-15-14-9-5-6-12(14)10-16-15/h12-16H,2-11H2,1H3. The molecule has 2 nitrogen and oxygen atoms in total. The monoisotopic (exact) mass is 236 g/mol. The van der Waals surface area contributed by atoms with Crippen molar-refractivity contribution < 1.29 is 0 Å². The van der Waals surface area contributed by atoms with Crippen LogP contribution in [0.4, 0.5) is 0 Å². The van der Waals surface area contributed by atoms with E-state index in [0.717, 1.165) is 23.9 Å². The van der Waals surface area contributed by atoms with Gasteiger partial charge in [0.2, 0.25) is 0 Å². The van der Waals surface area contributed by atoms with Crippen molar-refractivity contribution in [1.29, 1.82) is 0 Å². The van der Waals surface area contributed by atoms with Crippen LogP contribution in [-0.4, -0.2) is 37.1 Å². The van der Waals surface area contributed by atoms with Crippen molar-refractivity contribution >= 4 is 0 Å². The van der Waals surface area contributed by atoms with Gasteiger partial charge in [-0.2, -0.15) is 0 Å². The molecule has 0 aromatic rings. The summed E-state index contributed by atoms with van der Waals surface area (Å²) in [5, 5.41) is 3.79. The van der Waals surface area contributed by atoms with E-state index in [4.69, 9.17) is 0 Å². The van der Waals surface area contributed by atoms with E-state index in [2.05, 4.69) is 17.3 Å². The van der Waals surface area contributed by atoms with E-state index in [9.17, 15) is 0 Å². The quantitative estimate of drug-likeness (QED) is 0.810. The molecule has 0 amide bonds. The van der Waals surface area contributed by atoms with Gasteiger partial charge in [0, 0.05) is 18.6 Å². The van der Waals surface area contributed by atoms with Gasteiger partial charge in [-0.25, -0.2) is 0 Å². The minimum atomic E-state index is 0.800. The molecule has 0 aromatic heterocycles. The molecule has 0 aromatic carbocycles. The molecule has 0 bridgehead atoms. The summed E-state index contributed by atoms with van der Waals surface area (Å²) in [6.07, 6.45) is 11.7. The predicted octanol–water partition coefficient (Wildman–Crippen LogP) is 2.64. The lowest BCUT2D eigenvalue weighted by Crippen LogP contribution is -2.44. The first-order valence-corrected chi connectivity index (χ1v) is 7.78. The molecule has 1 aliphatic heterocycles. The van der Waals surface area contributed by atoms with Gasteiger partial charge in [-0.3, -0.25) is 0 Å². The number of fused-ring (bicyclic) bond motifs is 1. The molecule has 3 fully saturated rings. The molecule has 3 atom stereocenters. The van der Waals surface area contributed by atoms with Crippen LogP contribution in [0.25, 0.3) is 0 Å². The third kappa shape index (κ3) is 2.53. The van der Waals surface area contributed by atoms with E-state index in [1.54, 1.807) is 0 Å². The Kier molecular flexibility index (Phi) is 3.72. The Bertz CT molecular complexity index is 247. The summed E-state index contributed by atoms with van der Waals surface area (Å²) in [6, 6.07) is 1.68. The molecule has 2 heteroatoms. The summed E-state index contributed by atoms with van der Waals surface area (Å²) >= 11 is 0. The predicted molar refractivity (Wildman–Crippen MR) is 72.1 cm³/mol. The number of hydrogen-bond acceptors (Lipinski definition) is 2. The van der Waals surface area contributed by atoms with E-state index in [-0.39, 0.29) is 0 Å². The highest BCUT2D eigenvalue weighted by atomic mass is 15.2. The zero-order valence-corrected chi connectivity index (χ0v) is 11.3. The van der Waals surface area contributed by atoms with Crippen LogP contribution in [0.15, 0.2) is 0 Å². The molecule has 2 saturated carbocycles. The topological polar surface area (TPSA) is 15.3 Å². The maximum atomic E-state index is 3.79. The first kappa shape index (κ1) is 12.0. The van der Waals surface area contributed by atoms with Crippen molar-refractivity contribution in [3.05, 3.63) is 0 Å². The van der Waals surface area contributed by atoms with Crippen LogP contribution in [0, 0.1) is 11.8 Å². The van der Waals surface area contributed by atoms with E-state index < -0.39 is 0 Å². The first-order chi connectivity index (χ1) is 8.34. The van der Waals surface area contributed by atoms with Gasteiger partial charge >= 0.3 is 0 Å². The molecule has 98 valence electrons. The molecule has 1 N–H and O–H groups in total. The van der Waals surface area contributed by atoms with Gasteiger partial charge in [-0.1, -0.05) is 25.7 Å². The average molecular weight is 236 g/mol. The van der Waals surface area contributed by atoms with Crippen molar-refractivity contribution in [2.45, 2.75) is 63.5 Å². The molecule has 3 unspecified atom stereocenters. The maximum absolute atomic E-state index is 3.79. The molecule has 0 radical (unpaired) electrons. The fourth-order valence-electron chi connectivity index (χ4n) is 4.48. The number of likely N-dealkylation sites (N-methyl/N-ethyl adjacent to an activating group) is 1. The molecule has 3 rings (SSSR count). The SMILES string of the molecule is CN(CC1NCC2CCCC21)C1CCCCC1. The molecule has 1 heterocycles. The van der Waals surface area contributed by atoms with E-state index in [1.807, 2.05) is 0 Å². The smallest absolute Gasteiger partial charge is 0.0226 e. The third-order valence-corrected chi connectivity index (χ3v) is 5.56. The Hall–Kier alpha value is -0.0800. The van der Waals surface area contributed by atoms with Gasteiger partial charge in [-0.15, -0.1) is 0 Å². The normalized spacial score (nSPS) is 38.8. The van der Waals surface area contributed by atoms with E-state index in [0.29, 0.717) is 0 Å². The molecule has 1 saturated heterocycles. The molecule has 0 spiro atoms. The van der Waals surface area contributed by atoms with E-state index >= 15 is 0 Å². The average Bonchev–Trinajstić information content (AvgIpc) is 2.95. The summed E-state index contributed by atoms with van der Waals surface area (Å²) in [6.45, 7) is 2.60. The van der Waals surface area contributed by atoms with Crippen molar-refractivity contribution in [3.8, 4) is 0 Å². The minimum absolute atomic E-state index is 0.800. The number of nitrogens with zero attached hydrogens (tertiary/aromatic N) is 1. The Morgan fingerprint density at radius 2 is 1.82 bits per heavy atom. The van der Waals surface area contributed by atoms with Crippen LogP contribution in [0.3, 0.4) is 0 Å². The number of hydrogen-bond donors (Lipinski definition) is 1. The lowest BCUT2D eigenvalue weighted by atomic mass is 9.91. The highest BCUT2D eigenvalue weighted by molar-refractivity contribution is 4.95. The van der Waals surface area contributed by atoms with Crippen LogP contribution in [0.5, 0.6) is 0 Å². The highest BCUT2D eigenvalue weighted by Crippen LogP contribution is 2.38. The largest absolute Gasteiger partial charge is 0.312 e. The summed E-state index contributed by atoms with van der Waals surface area (Å²) in [5.41, 5.74) is 0. The van der Waals surface area contributed by atoms with Gasteiger partial charge < -0.3 is 10.2 Å². The summed E-state index contributed by atoms with van der Waals surface area (Å²) < 4.78 is 0. The first-order valence-electron chi connectivity index (χ1n) is 7.78. The number of nitrogens with one attached hydrogen (secondary N) is 1. The number of rotatable bonds is 3. The van der Waals surface area contributed by atoms with Crippen LogP contribution < -0.4 is 5.32 Å². The zero-order valence-electron chi connectivity index (χ0n) is 11.3.